The fourth-order valence-corrected chi connectivity index (χ4v) is 4.77. The molecule has 0 amide bonds. The predicted octanol–water partition coefficient (Wildman–Crippen LogP) is 4.59. The van der Waals surface area contributed by atoms with Gasteiger partial charge < -0.3 is 9.15 Å². The summed E-state index contributed by atoms with van der Waals surface area (Å²) in [7, 11) is -2.26. The molecule has 0 bridgehead atoms. The lowest BCUT2D eigenvalue weighted by Gasteiger charge is -2.19. The van der Waals surface area contributed by atoms with Gasteiger partial charge in [-0.05, 0) is 48.5 Å². The van der Waals surface area contributed by atoms with Gasteiger partial charge in [0.25, 0.3) is 10.0 Å². The summed E-state index contributed by atoms with van der Waals surface area (Å²) in [4.78, 5) is 16.8. The smallest absolute Gasteiger partial charge is 0.338 e. The van der Waals surface area contributed by atoms with Crippen LogP contribution in [0, 0.1) is 0 Å². The molecule has 0 aliphatic carbocycles. The van der Waals surface area contributed by atoms with E-state index < -0.39 is 16.0 Å². The third-order valence-electron chi connectivity index (χ3n) is 4.50. The zero-order valence-corrected chi connectivity index (χ0v) is 18.1. The topological polar surface area (TPSA) is 89.7 Å². The standard InChI is InChI=1S/C22H18N2O5S2/c1-24(18-6-3-2-4-7-18)31(26,27)19-11-9-16(10-12-19)22(25)29-14-17-15-30-21(23-17)20-8-5-13-28-20/h2-13,15H,14H2,1H3. The van der Waals surface area contributed by atoms with Crippen molar-refractivity contribution < 1.29 is 22.4 Å². The summed E-state index contributed by atoms with van der Waals surface area (Å²) in [6, 6.07) is 18.0. The summed E-state index contributed by atoms with van der Waals surface area (Å²) in [5, 5.41) is 2.49. The van der Waals surface area contributed by atoms with Crippen LogP contribution in [0.3, 0.4) is 0 Å². The Morgan fingerprint density at radius 2 is 1.81 bits per heavy atom. The Hall–Kier alpha value is -3.43. The van der Waals surface area contributed by atoms with E-state index in [0.717, 1.165) is 0 Å². The highest BCUT2D eigenvalue weighted by atomic mass is 32.2. The zero-order valence-electron chi connectivity index (χ0n) is 16.5. The highest BCUT2D eigenvalue weighted by Crippen LogP contribution is 2.25. The molecule has 0 fully saturated rings. The fraction of sp³-hybridized carbons (Fsp3) is 0.0909. The highest BCUT2D eigenvalue weighted by molar-refractivity contribution is 7.92. The van der Waals surface area contributed by atoms with Crippen molar-refractivity contribution in [3.63, 3.8) is 0 Å². The molecule has 2 heterocycles. The molecule has 7 nitrogen and oxygen atoms in total. The number of ether oxygens (including phenoxy) is 1. The number of para-hydroxylation sites is 1. The molecule has 4 rings (SSSR count). The van der Waals surface area contributed by atoms with Crippen molar-refractivity contribution in [2.75, 3.05) is 11.4 Å². The molecule has 0 aliphatic heterocycles. The minimum atomic E-state index is -3.74. The molecule has 0 N–H and O–H groups in total. The average Bonchev–Trinajstić information content (AvgIpc) is 3.49. The zero-order chi connectivity index (χ0) is 21.8. The van der Waals surface area contributed by atoms with Gasteiger partial charge in [0, 0.05) is 12.4 Å². The number of hydrogen-bond acceptors (Lipinski definition) is 7. The number of hydrogen-bond donors (Lipinski definition) is 0. The molecular weight excluding hydrogens is 436 g/mol. The molecule has 0 spiro atoms. The molecule has 0 atom stereocenters. The maximum absolute atomic E-state index is 12.8. The third kappa shape index (κ3) is 4.52. The summed E-state index contributed by atoms with van der Waals surface area (Å²) in [5.41, 5.74) is 1.40. The first-order valence-electron chi connectivity index (χ1n) is 9.24. The van der Waals surface area contributed by atoms with E-state index in [1.807, 2.05) is 6.07 Å². The van der Waals surface area contributed by atoms with Crippen LogP contribution < -0.4 is 4.31 Å². The first-order valence-corrected chi connectivity index (χ1v) is 11.6. The molecule has 9 heteroatoms. The first-order chi connectivity index (χ1) is 14.9. The van der Waals surface area contributed by atoms with Crippen molar-refractivity contribution in [3.05, 3.63) is 89.6 Å². The maximum Gasteiger partial charge on any atom is 0.338 e. The summed E-state index contributed by atoms with van der Waals surface area (Å²) in [6.45, 7) is 0.00678. The number of benzene rings is 2. The second-order valence-electron chi connectivity index (χ2n) is 6.53. The minimum Gasteiger partial charge on any atom is -0.462 e. The molecule has 0 unspecified atom stereocenters. The predicted molar refractivity (Wildman–Crippen MR) is 117 cm³/mol. The van der Waals surface area contributed by atoms with E-state index in [0.29, 0.717) is 22.1 Å². The number of thiazole rings is 1. The van der Waals surface area contributed by atoms with Gasteiger partial charge in [0.1, 0.15) is 6.61 Å². The van der Waals surface area contributed by atoms with E-state index in [1.54, 1.807) is 48.0 Å². The van der Waals surface area contributed by atoms with Crippen LogP contribution in [0.2, 0.25) is 0 Å². The van der Waals surface area contributed by atoms with Crippen molar-refractivity contribution in [2.45, 2.75) is 11.5 Å². The monoisotopic (exact) mass is 454 g/mol. The van der Waals surface area contributed by atoms with Crippen LogP contribution in [-0.4, -0.2) is 26.4 Å². The van der Waals surface area contributed by atoms with E-state index >= 15 is 0 Å². The number of sulfonamides is 1. The minimum absolute atomic E-state index is 0.00678. The number of nitrogens with zero attached hydrogens (tertiary/aromatic N) is 2. The molecule has 4 aromatic rings. The van der Waals surface area contributed by atoms with Gasteiger partial charge in [-0.3, -0.25) is 4.31 Å². The second kappa shape index (κ2) is 8.75. The highest BCUT2D eigenvalue weighted by Gasteiger charge is 2.21. The number of carbonyl (C=O) groups is 1. The van der Waals surface area contributed by atoms with E-state index in [9.17, 15) is 13.2 Å². The van der Waals surface area contributed by atoms with Crippen molar-refractivity contribution in [3.8, 4) is 10.8 Å². The van der Waals surface area contributed by atoms with Crippen LogP contribution in [0.4, 0.5) is 5.69 Å². The average molecular weight is 455 g/mol. The van der Waals surface area contributed by atoms with Gasteiger partial charge in [0.2, 0.25) is 0 Å². The van der Waals surface area contributed by atoms with Crippen LogP contribution in [-0.2, 0) is 21.4 Å². The van der Waals surface area contributed by atoms with Crippen molar-refractivity contribution in [2.24, 2.45) is 0 Å². The van der Waals surface area contributed by atoms with Crippen LogP contribution >= 0.6 is 11.3 Å². The van der Waals surface area contributed by atoms with Crippen molar-refractivity contribution in [1.29, 1.82) is 0 Å². The van der Waals surface area contributed by atoms with Crippen molar-refractivity contribution >= 4 is 33.0 Å². The normalized spacial score (nSPS) is 11.3. The lowest BCUT2D eigenvalue weighted by atomic mass is 10.2. The fourth-order valence-electron chi connectivity index (χ4n) is 2.81. The summed E-state index contributed by atoms with van der Waals surface area (Å²) in [6.07, 6.45) is 1.57. The van der Waals surface area contributed by atoms with E-state index in [4.69, 9.17) is 9.15 Å². The Kier molecular flexibility index (Phi) is 5.88. The summed E-state index contributed by atoms with van der Waals surface area (Å²) >= 11 is 1.39. The molecule has 2 aromatic heterocycles. The van der Waals surface area contributed by atoms with Gasteiger partial charge in [0.15, 0.2) is 10.8 Å². The number of carbonyl (C=O) groups excluding carboxylic acids is 1. The molecule has 0 radical (unpaired) electrons. The Balaban J connectivity index is 1.41. The number of furan rings is 1. The van der Waals surface area contributed by atoms with Crippen LogP contribution in [0.25, 0.3) is 10.8 Å². The molecule has 0 aliphatic rings. The summed E-state index contributed by atoms with van der Waals surface area (Å²) in [5.74, 6) is 0.0905. The van der Waals surface area contributed by atoms with Gasteiger partial charge in [-0.2, -0.15) is 0 Å². The van der Waals surface area contributed by atoms with Gasteiger partial charge in [-0.25, -0.2) is 18.2 Å². The second-order valence-corrected chi connectivity index (χ2v) is 9.36. The number of rotatable bonds is 7. The third-order valence-corrected chi connectivity index (χ3v) is 7.21. The Bertz CT molecular complexity index is 1270. The quantitative estimate of drug-likeness (QED) is 0.380. The largest absolute Gasteiger partial charge is 0.462 e. The lowest BCUT2D eigenvalue weighted by molar-refractivity contribution is 0.0468. The number of esters is 1. The molecule has 2 aromatic carbocycles. The number of aromatic nitrogens is 1. The molecule has 158 valence electrons. The number of anilines is 1. The molecule has 31 heavy (non-hydrogen) atoms. The lowest BCUT2D eigenvalue weighted by Crippen LogP contribution is -2.26. The first kappa shape index (κ1) is 20.8. The van der Waals surface area contributed by atoms with Crippen LogP contribution in [0.5, 0.6) is 0 Å². The Labute approximate surface area is 183 Å². The van der Waals surface area contributed by atoms with Gasteiger partial charge >= 0.3 is 5.97 Å². The van der Waals surface area contributed by atoms with E-state index in [-0.39, 0.29) is 17.1 Å². The molecule has 0 saturated heterocycles. The van der Waals surface area contributed by atoms with Crippen molar-refractivity contribution in [1.82, 2.24) is 4.98 Å². The summed E-state index contributed by atoms with van der Waals surface area (Å²) < 4.78 is 37.4. The Morgan fingerprint density at radius 3 is 2.48 bits per heavy atom. The molecular formula is C22H18N2O5S2. The van der Waals surface area contributed by atoms with Gasteiger partial charge in [-0.1, -0.05) is 18.2 Å². The van der Waals surface area contributed by atoms with E-state index in [1.165, 1.54) is 47.0 Å². The van der Waals surface area contributed by atoms with Gasteiger partial charge in [-0.15, -0.1) is 11.3 Å². The van der Waals surface area contributed by atoms with Crippen LogP contribution in [0.1, 0.15) is 16.1 Å². The maximum atomic E-state index is 12.8. The van der Waals surface area contributed by atoms with Gasteiger partial charge in [0.05, 0.1) is 28.1 Å². The van der Waals surface area contributed by atoms with E-state index in [2.05, 4.69) is 4.98 Å². The van der Waals surface area contributed by atoms with Crippen LogP contribution in [0.15, 0.2) is 87.7 Å². The Morgan fingerprint density at radius 1 is 1.06 bits per heavy atom. The SMILES string of the molecule is CN(c1ccccc1)S(=O)(=O)c1ccc(C(=O)OCc2csc(-c3ccco3)n2)cc1. The molecule has 0 saturated carbocycles.